The Kier molecular flexibility index (Phi) is 5.26. The van der Waals surface area contributed by atoms with Gasteiger partial charge in [0.25, 0.3) is 5.91 Å². The van der Waals surface area contributed by atoms with Crippen LogP contribution in [0.1, 0.15) is 58.4 Å². The molecule has 2 amide bonds. The highest BCUT2D eigenvalue weighted by molar-refractivity contribution is 5.96. The van der Waals surface area contributed by atoms with Crippen LogP contribution in [0.15, 0.2) is 24.3 Å². The van der Waals surface area contributed by atoms with Crippen LogP contribution in [0.25, 0.3) is 0 Å². The molecule has 4 fully saturated rings. The van der Waals surface area contributed by atoms with Gasteiger partial charge in [-0.3, -0.25) is 14.4 Å². The van der Waals surface area contributed by atoms with Crippen LogP contribution in [-0.2, 0) is 25.5 Å². The zero-order chi connectivity index (χ0) is 24.4. The van der Waals surface area contributed by atoms with Gasteiger partial charge in [-0.05, 0) is 62.1 Å². The van der Waals surface area contributed by atoms with Gasteiger partial charge in [0.15, 0.2) is 5.60 Å². The van der Waals surface area contributed by atoms with Gasteiger partial charge in [0.2, 0.25) is 5.91 Å². The minimum absolute atomic E-state index is 0.0134. The summed E-state index contributed by atoms with van der Waals surface area (Å²) in [5.41, 5.74) is -1.13. The lowest BCUT2D eigenvalue weighted by Crippen LogP contribution is -2.55. The van der Waals surface area contributed by atoms with Gasteiger partial charge in [0.1, 0.15) is 5.75 Å². The van der Waals surface area contributed by atoms with E-state index in [1.807, 2.05) is 54.8 Å². The van der Waals surface area contributed by atoms with Crippen molar-refractivity contribution in [3.63, 3.8) is 0 Å². The maximum atomic E-state index is 13.8. The fraction of sp³-hybridized carbons (Fsp3) is 0.667. The molecule has 1 saturated carbocycles. The molecule has 1 spiro atoms. The van der Waals surface area contributed by atoms with Crippen molar-refractivity contribution in [2.45, 2.75) is 64.9 Å². The molecule has 5 rings (SSSR count). The molecule has 0 radical (unpaired) electrons. The number of carbonyl (C=O) groups excluding carboxylic acids is 3. The standard InChI is InChI=1S/C27H36N2O5/c1-24(2)25(3)8-9-27(24,34-23(25)32)22(31)29-15-12-26(18-29)10-13-28(14-11-26)21(30)17-19-6-5-7-20(16-19)33-4/h5-7,16H,8-15,17-18H2,1-4H3/t25-,27+/m0/s1. The number of likely N-dealkylation sites (tertiary alicyclic amines) is 2. The number of piperidine rings is 1. The minimum Gasteiger partial charge on any atom is -0.497 e. The third-order valence-corrected chi connectivity index (χ3v) is 9.82. The maximum Gasteiger partial charge on any atom is 0.313 e. The van der Waals surface area contributed by atoms with E-state index in [2.05, 4.69) is 0 Å². The fourth-order valence-corrected chi connectivity index (χ4v) is 6.79. The molecule has 7 heteroatoms. The zero-order valence-corrected chi connectivity index (χ0v) is 20.8. The molecule has 2 bridgehead atoms. The maximum absolute atomic E-state index is 13.8. The molecule has 3 heterocycles. The molecule has 3 aliphatic heterocycles. The topological polar surface area (TPSA) is 76.2 Å². The second-order valence-electron chi connectivity index (χ2n) is 11.6. The number of nitrogens with zero attached hydrogens (tertiary/aromatic N) is 2. The number of amides is 2. The van der Waals surface area contributed by atoms with Crippen molar-refractivity contribution in [1.29, 1.82) is 0 Å². The van der Waals surface area contributed by atoms with Gasteiger partial charge in [0.05, 0.1) is 18.9 Å². The molecular formula is C27H36N2O5. The summed E-state index contributed by atoms with van der Waals surface area (Å²) in [6.07, 6.45) is 4.42. The number of hydrogen-bond donors (Lipinski definition) is 0. The van der Waals surface area contributed by atoms with Crippen molar-refractivity contribution in [2.24, 2.45) is 16.2 Å². The third-order valence-electron chi connectivity index (χ3n) is 9.82. The van der Waals surface area contributed by atoms with Crippen LogP contribution in [0.3, 0.4) is 0 Å². The number of esters is 1. The summed E-state index contributed by atoms with van der Waals surface area (Å²) >= 11 is 0. The molecule has 4 aliphatic rings. The lowest BCUT2D eigenvalue weighted by Gasteiger charge is -2.41. The predicted molar refractivity (Wildman–Crippen MR) is 126 cm³/mol. The Morgan fingerprint density at radius 3 is 2.26 bits per heavy atom. The quantitative estimate of drug-likeness (QED) is 0.635. The molecule has 34 heavy (non-hydrogen) atoms. The van der Waals surface area contributed by atoms with E-state index in [0.717, 1.165) is 30.6 Å². The van der Waals surface area contributed by atoms with E-state index in [4.69, 9.17) is 9.47 Å². The number of hydrogen-bond acceptors (Lipinski definition) is 5. The summed E-state index contributed by atoms with van der Waals surface area (Å²) in [7, 11) is 1.63. The van der Waals surface area contributed by atoms with Crippen molar-refractivity contribution < 1.29 is 23.9 Å². The van der Waals surface area contributed by atoms with Gasteiger partial charge in [-0.15, -0.1) is 0 Å². The average Bonchev–Trinajstić information content (AvgIpc) is 3.37. The van der Waals surface area contributed by atoms with Crippen molar-refractivity contribution in [3.8, 4) is 5.75 Å². The Bertz CT molecular complexity index is 1030. The largest absolute Gasteiger partial charge is 0.497 e. The van der Waals surface area contributed by atoms with Crippen LogP contribution >= 0.6 is 0 Å². The van der Waals surface area contributed by atoms with Crippen LogP contribution in [0, 0.1) is 16.2 Å². The monoisotopic (exact) mass is 468 g/mol. The number of rotatable bonds is 4. The summed E-state index contributed by atoms with van der Waals surface area (Å²) < 4.78 is 11.1. The van der Waals surface area contributed by atoms with Gasteiger partial charge in [-0.25, -0.2) is 0 Å². The van der Waals surface area contributed by atoms with Gasteiger partial charge in [-0.1, -0.05) is 26.0 Å². The minimum atomic E-state index is -1.03. The highest BCUT2D eigenvalue weighted by Gasteiger charge is 2.76. The number of ether oxygens (including phenoxy) is 2. The first-order chi connectivity index (χ1) is 16.1. The molecule has 1 aromatic rings. The Morgan fingerprint density at radius 1 is 1.00 bits per heavy atom. The van der Waals surface area contributed by atoms with E-state index in [-0.39, 0.29) is 23.2 Å². The van der Waals surface area contributed by atoms with E-state index in [1.165, 1.54) is 0 Å². The second kappa shape index (κ2) is 7.72. The van der Waals surface area contributed by atoms with Gasteiger partial charge >= 0.3 is 5.97 Å². The smallest absolute Gasteiger partial charge is 0.313 e. The number of methoxy groups -OCH3 is 1. The summed E-state index contributed by atoms with van der Waals surface area (Å²) in [6, 6.07) is 7.66. The molecule has 2 atom stereocenters. The van der Waals surface area contributed by atoms with Gasteiger partial charge in [0, 0.05) is 31.6 Å². The molecule has 3 saturated heterocycles. The van der Waals surface area contributed by atoms with E-state index >= 15 is 0 Å². The molecule has 0 N–H and O–H groups in total. The molecule has 1 aromatic carbocycles. The molecule has 0 aromatic heterocycles. The van der Waals surface area contributed by atoms with E-state index in [0.29, 0.717) is 45.4 Å². The Balaban J connectivity index is 1.21. The van der Waals surface area contributed by atoms with Crippen molar-refractivity contribution in [3.05, 3.63) is 29.8 Å². The van der Waals surface area contributed by atoms with E-state index < -0.39 is 16.4 Å². The van der Waals surface area contributed by atoms with Crippen LogP contribution in [0.4, 0.5) is 0 Å². The van der Waals surface area contributed by atoms with Crippen LogP contribution in [0.5, 0.6) is 5.75 Å². The van der Waals surface area contributed by atoms with Crippen molar-refractivity contribution in [2.75, 3.05) is 33.3 Å². The zero-order valence-electron chi connectivity index (χ0n) is 20.8. The summed E-state index contributed by atoms with van der Waals surface area (Å²) in [4.78, 5) is 43.2. The lowest BCUT2D eigenvalue weighted by atomic mass is 9.66. The predicted octanol–water partition coefficient (Wildman–Crippen LogP) is 3.20. The summed E-state index contributed by atoms with van der Waals surface area (Å²) in [6.45, 7) is 8.80. The highest BCUT2D eigenvalue weighted by atomic mass is 16.6. The Hall–Kier alpha value is -2.57. The van der Waals surface area contributed by atoms with E-state index in [9.17, 15) is 14.4 Å². The SMILES string of the molecule is COc1cccc(CC(=O)N2CCC3(CC2)CCN(C(=O)[C@@]24CC[C@@](C)(C(=O)O2)C4(C)C)C3)c1. The first kappa shape index (κ1) is 23.2. The van der Waals surface area contributed by atoms with Gasteiger partial charge in [-0.2, -0.15) is 0 Å². The number of carbonyl (C=O) groups is 3. The summed E-state index contributed by atoms with van der Waals surface area (Å²) in [5, 5.41) is 0. The first-order valence-corrected chi connectivity index (χ1v) is 12.5. The molecule has 0 unspecified atom stereocenters. The number of fused-ring (bicyclic) bond motifs is 2. The normalized spacial score (nSPS) is 31.1. The van der Waals surface area contributed by atoms with Crippen molar-refractivity contribution in [1.82, 2.24) is 9.80 Å². The van der Waals surface area contributed by atoms with Crippen LogP contribution in [-0.4, -0.2) is 66.5 Å². The molecule has 7 nitrogen and oxygen atoms in total. The Morgan fingerprint density at radius 2 is 1.68 bits per heavy atom. The second-order valence-corrected chi connectivity index (χ2v) is 11.6. The van der Waals surface area contributed by atoms with Crippen molar-refractivity contribution >= 4 is 17.8 Å². The molecule has 1 aliphatic carbocycles. The lowest BCUT2D eigenvalue weighted by molar-refractivity contribution is -0.173. The first-order valence-electron chi connectivity index (χ1n) is 12.5. The van der Waals surface area contributed by atoms with Gasteiger partial charge < -0.3 is 19.3 Å². The summed E-state index contributed by atoms with van der Waals surface area (Å²) in [5.74, 6) is 0.656. The average molecular weight is 469 g/mol. The van der Waals surface area contributed by atoms with Crippen LogP contribution < -0.4 is 4.74 Å². The molecular weight excluding hydrogens is 432 g/mol. The van der Waals surface area contributed by atoms with Crippen LogP contribution in [0.2, 0.25) is 0 Å². The molecule has 184 valence electrons. The van der Waals surface area contributed by atoms with E-state index in [1.54, 1.807) is 7.11 Å². The Labute approximate surface area is 201 Å². The third kappa shape index (κ3) is 3.18. The highest BCUT2D eigenvalue weighted by Crippen LogP contribution is 2.66. The number of benzene rings is 1. The fourth-order valence-electron chi connectivity index (χ4n) is 6.79.